The predicted octanol–water partition coefficient (Wildman–Crippen LogP) is 2.67. The summed E-state index contributed by atoms with van der Waals surface area (Å²) in [5.74, 6) is 0.101. The zero-order valence-corrected chi connectivity index (χ0v) is 12.9. The Balaban J connectivity index is 2.49. The van der Waals surface area contributed by atoms with Crippen molar-refractivity contribution < 1.29 is 22.6 Å². The Morgan fingerprint density at radius 1 is 1.27 bits per heavy atom. The van der Waals surface area contributed by atoms with Crippen molar-refractivity contribution in [2.75, 3.05) is 34.4 Å². The molecule has 22 heavy (non-hydrogen) atoms. The van der Waals surface area contributed by atoms with Crippen LogP contribution in [-0.4, -0.2) is 39.3 Å². The van der Waals surface area contributed by atoms with Crippen molar-refractivity contribution in [2.24, 2.45) is 11.7 Å². The van der Waals surface area contributed by atoms with Crippen LogP contribution >= 0.6 is 0 Å². The van der Waals surface area contributed by atoms with Crippen molar-refractivity contribution >= 4 is 0 Å². The molecule has 7 heteroatoms. The van der Waals surface area contributed by atoms with Gasteiger partial charge in [0.15, 0.2) is 11.5 Å². The first-order chi connectivity index (χ1) is 10.3. The van der Waals surface area contributed by atoms with Crippen LogP contribution in [-0.2, 0) is 6.18 Å². The summed E-state index contributed by atoms with van der Waals surface area (Å²) in [4.78, 5) is 2.03. The van der Waals surface area contributed by atoms with Gasteiger partial charge in [-0.1, -0.05) is 0 Å². The van der Waals surface area contributed by atoms with E-state index >= 15 is 0 Å². The van der Waals surface area contributed by atoms with E-state index in [2.05, 4.69) is 0 Å². The van der Waals surface area contributed by atoms with E-state index in [1.807, 2.05) is 11.9 Å². The van der Waals surface area contributed by atoms with Crippen molar-refractivity contribution in [1.29, 1.82) is 0 Å². The molecule has 0 aliphatic carbocycles. The molecule has 1 saturated heterocycles. The largest absolute Gasteiger partial charge is 0.493 e. The molecule has 1 aromatic carbocycles. The molecule has 2 unspecified atom stereocenters. The van der Waals surface area contributed by atoms with Crippen LogP contribution in [0.2, 0.25) is 0 Å². The minimum Gasteiger partial charge on any atom is -0.493 e. The van der Waals surface area contributed by atoms with E-state index in [1.54, 1.807) is 6.07 Å². The van der Waals surface area contributed by atoms with Gasteiger partial charge in [0.25, 0.3) is 0 Å². The van der Waals surface area contributed by atoms with E-state index in [0.29, 0.717) is 12.1 Å². The zero-order valence-electron chi connectivity index (χ0n) is 12.9. The summed E-state index contributed by atoms with van der Waals surface area (Å²) in [6.45, 7) is 1.30. The van der Waals surface area contributed by atoms with E-state index < -0.39 is 11.7 Å². The summed E-state index contributed by atoms with van der Waals surface area (Å²) >= 11 is 0. The molecule has 2 N–H and O–H groups in total. The average Bonchev–Trinajstić information content (AvgIpc) is 2.86. The summed E-state index contributed by atoms with van der Waals surface area (Å²) in [6.07, 6.45) is -3.77. The van der Waals surface area contributed by atoms with Crippen LogP contribution in [0.15, 0.2) is 12.1 Å². The fourth-order valence-corrected chi connectivity index (χ4v) is 3.05. The van der Waals surface area contributed by atoms with Crippen LogP contribution in [0, 0.1) is 5.92 Å². The fourth-order valence-electron chi connectivity index (χ4n) is 3.05. The van der Waals surface area contributed by atoms with Crippen LogP contribution in [0.25, 0.3) is 0 Å². The molecule has 0 radical (unpaired) electrons. The van der Waals surface area contributed by atoms with E-state index in [-0.39, 0.29) is 23.5 Å². The molecule has 2 atom stereocenters. The van der Waals surface area contributed by atoms with Crippen molar-refractivity contribution in [3.05, 3.63) is 23.3 Å². The minimum absolute atomic E-state index is 0.0944. The molecule has 1 fully saturated rings. The molecular formula is C15H21F3N2O2. The lowest BCUT2D eigenvalue weighted by Gasteiger charge is -2.23. The smallest absolute Gasteiger partial charge is 0.420 e. The van der Waals surface area contributed by atoms with E-state index in [9.17, 15) is 13.2 Å². The third kappa shape index (κ3) is 3.15. The second kappa shape index (κ2) is 6.34. The van der Waals surface area contributed by atoms with Gasteiger partial charge < -0.3 is 15.2 Å². The molecular weight excluding hydrogens is 297 g/mol. The van der Waals surface area contributed by atoms with E-state index in [4.69, 9.17) is 15.2 Å². The standard InChI is InChI=1S/C15H21F3N2O2/c1-20-8-9(7-19)4-12(20)10-5-11(15(16,17)18)14(22-3)13(6-10)21-2/h5-6,9,12H,4,7-8,19H2,1-3H3. The number of halogens is 3. The Morgan fingerprint density at radius 3 is 2.41 bits per heavy atom. The Labute approximate surface area is 128 Å². The highest BCUT2D eigenvalue weighted by Crippen LogP contribution is 2.45. The number of hydrogen-bond donors (Lipinski definition) is 1. The van der Waals surface area contributed by atoms with Gasteiger partial charge in [-0.3, -0.25) is 4.90 Å². The van der Waals surface area contributed by atoms with Crippen LogP contribution in [0.4, 0.5) is 13.2 Å². The van der Waals surface area contributed by atoms with Crippen LogP contribution < -0.4 is 15.2 Å². The third-order valence-corrected chi connectivity index (χ3v) is 4.16. The SMILES string of the molecule is COc1cc(C2CC(CN)CN2C)cc(C(F)(F)F)c1OC. The topological polar surface area (TPSA) is 47.7 Å². The molecule has 0 bridgehead atoms. The van der Waals surface area contributed by atoms with Gasteiger partial charge in [-0.25, -0.2) is 0 Å². The van der Waals surface area contributed by atoms with Crippen LogP contribution in [0.3, 0.4) is 0 Å². The summed E-state index contributed by atoms with van der Waals surface area (Å²) in [6, 6.07) is 2.67. The van der Waals surface area contributed by atoms with Gasteiger partial charge in [-0.05, 0) is 43.6 Å². The lowest BCUT2D eigenvalue weighted by atomic mass is 9.97. The lowest BCUT2D eigenvalue weighted by molar-refractivity contribution is -0.139. The second-order valence-corrected chi connectivity index (χ2v) is 5.59. The highest BCUT2D eigenvalue weighted by atomic mass is 19.4. The van der Waals surface area contributed by atoms with E-state index in [1.165, 1.54) is 14.2 Å². The number of nitrogens with two attached hydrogens (primary N) is 1. The molecule has 0 spiro atoms. The van der Waals surface area contributed by atoms with Crippen molar-refractivity contribution in [3.63, 3.8) is 0 Å². The fraction of sp³-hybridized carbons (Fsp3) is 0.600. The number of benzene rings is 1. The summed E-state index contributed by atoms with van der Waals surface area (Å²) < 4.78 is 49.9. The average molecular weight is 318 g/mol. The Bertz CT molecular complexity index is 534. The lowest BCUT2D eigenvalue weighted by Crippen LogP contribution is -2.21. The number of hydrogen-bond acceptors (Lipinski definition) is 4. The van der Waals surface area contributed by atoms with Gasteiger partial charge in [0, 0.05) is 12.6 Å². The van der Waals surface area contributed by atoms with Gasteiger partial charge in [0.2, 0.25) is 0 Å². The molecule has 4 nitrogen and oxygen atoms in total. The van der Waals surface area contributed by atoms with Crippen molar-refractivity contribution in [2.45, 2.75) is 18.6 Å². The zero-order chi connectivity index (χ0) is 16.5. The molecule has 124 valence electrons. The Hall–Kier alpha value is -1.47. The molecule has 0 saturated carbocycles. The maximum Gasteiger partial charge on any atom is 0.420 e. The number of rotatable bonds is 4. The summed E-state index contributed by atoms with van der Waals surface area (Å²) in [5.41, 5.74) is 5.45. The molecule has 1 aliphatic rings. The van der Waals surface area contributed by atoms with Crippen molar-refractivity contribution in [1.82, 2.24) is 4.90 Å². The van der Waals surface area contributed by atoms with Gasteiger partial charge in [-0.15, -0.1) is 0 Å². The monoisotopic (exact) mass is 318 g/mol. The minimum atomic E-state index is -4.50. The highest BCUT2D eigenvalue weighted by molar-refractivity contribution is 5.51. The maximum atomic E-state index is 13.3. The van der Waals surface area contributed by atoms with Gasteiger partial charge >= 0.3 is 6.18 Å². The first kappa shape index (κ1) is 16.9. The molecule has 1 aliphatic heterocycles. The normalized spacial score (nSPS) is 22.9. The maximum absolute atomic E-state index is 13.3. The number of methoxy groups -OCH3 is 2. The first-order valence-corrected chi connectivity index (χ1v) is 7.05. The molecule has 1 heterocycles. The third-order valence-electron chi connectivity index (χ3n) is 4.16. The van der Waals surface area contributed by atoms with Crippen molar-refractivity contribution in [3.8, 4) is 11.5 Å². The quantitative estimate of drug-likeness (QED) is 0.927. The summed E-state index contributed by atoms with van der Waals surface area (Å²) in [7, 11) is 4.44. The van der Waals surface area contributed by atoms with Gasteiger partial charge in [-0.2, -0.15) is 13.2 Å². The molecule has 0 amide bonds. The number of alkyl halides is 3. The van der Waals surface area contributed by atoms with Crippen LogP contribution in [0.5, 0.6) is 11.5 Å². The summed E-state index contributed by atoms with van der Waals surface area (Å²) in [5, 5.41) is 0. The number of likely N-dealkylation sites (tertiary alicyclic amines) is 1. The van der Waals surface area contributed by atoms with E-state index in [0.717, 1.165) is 19.0 Å². The van der Waals surface area contributed by atoms with Gasteiger partial charge in [0.05, 0.1) is 14.2 Å². The number of ether oxygens (including phenoxy) is 2. The molecule has 1 aromatic rings. The van der Waals surface area contributed by atoms with Crippen LogP contribution in [0.1, 0.15) is 23.6 Å². The van der Waals surface area contributed by atoms with Gasteiger partial charge in [0.1, 0.15) is 5.56 Å². The highest BCUT2D eigenvalue weighted by Gasteiger charge is 2.38. The Kier molecular flexibility index (Phi) is 4.87. The molecule has 0 aromatic heterocycles. The second-order valence-electron chi connectivity index (χ2n) is 5.59. The Morgan fingerprint density at radius 2 is 1.95 bits per heavy atom. The number of nitrogens with zero attached hydrogens (tertiary/aromatic N) is 1. The molecule has 2 rings (SSSR count). The predicted molar refractivity (Wildman–Crippen MR) is 77.1 cm³/mol. The first-order valence-electron chi connectivity index (χ1n) is 7.05.